The van der Waals surface area contributed by atoms with Crippen molar-refractivity contribution in [1.29, 1.82) is 0 Å². The number of carbonyl (C=O) groups is 1. The lowest BCUT2D eigenvalue weighted by Gasteiger charge is -2.22. The predicted octanol–water partition coefficient (Wildman–Crippen LogP) is 2.20. The van der Waals surface area contributed by atoms with E-state index in [0.717, 1.165) is 17.9 Å². The maximum absolute atomic E-state index is 12.0. The van der Waals surface area contributed by atoms with E-state index >= 15 is 0 Å². The molecule has 1 heterocycles. The average Bonchev–Trinajstić information content (AvgIpc) is 2.80. The van der Waals surface area contributed by atoms with Gasteiger partial charge in [-0.05, 0) is 29.5 Å². The van der Waals surface area contributed by atoms with Crippen molar-refractivity contribution in [2.45, 2.75) is 26.3 Å². The molecule has 4 heteroatoms. The number of amides is 1. The Labute approximate surface area is 120 Å². The van der Waals surface area contributed by atoms with Crippen LogP contribution in [0.3, 0.4) is 0 Å². The number of nitrogens with zero attached hydrogens (tertiary/aromatic N) is 1. The summed E-state index contributed by atoms with van der Waals surface area (Å²) in [5.74, 6) is 2.05. The van der Waals surface area contributed by atoms with Crippen molar-refractivity contribution < 1.29 is 9.53 Å². The SMILES string of the molecule is COc1ccc(C(N)CN2CC(C(C)C)CC2=O)cc1. The van der Waals surface area contributed by atoms with E-state index in [1.165, 1.54) is 0 Å². The topological polar surface area (TPSA) is 55.6 Å². The van der Waals surface area contributed by atoms with Gasteiger partial charge in [-0.3, -0.25) is 4.79 Å². The minimum Gasteiger partial charge on any atom is -0.497 e. The molecule has 0 radical (unpaired) electrons. The molecule has 1 aromatic rings. The lowest BCUT2D eigenvalue weighted by Crippen LogP contribution is -2.33. The van der Waals surface area contributed by atoms with Gasteiger partial charge in [-0.1, -0.05) is 26.0 Å². The van der Waals surface area contributed by atoms with Gasteiger partial charge in [-0.2, -0.15) is 0 Å². The number of methoxy groups -OCH3 is 1. The lowest BCUT2D eigenvalue weighted by molar-refractivity contribution is -0.128. The summed E-state index contributed by atoms with van der Waals surface area (Å²) >= 11 is 0. The molecule has 1 aliphatic heterocycles. The maximum Gasteiger partial charge on any atom is 0.222 e. The van der Waals surface area contributed by atoms with Crippen molar-refractivity contribution in [3.63, 3.8) is 0 Å². The molecular weight excluding hydrogens is 252 g/mol. The largest absolute Gasteiger partial charge is 0.497 e. The Kier molecular flexibility index (Phi) is 4.65. The van der Waals surface area contributed by atoms with E-state index in [9.17, 15) is 4.79 Å². The molecule has 1 amide bonds. The third kappa shape index (κ3) is 3.31. The molecule has 1 aliphatic rings. The fourth-order valence-electron chi connectivity index (χ4n) is 2.62. The molecule has 0 spiro atoms. The molecule has 2 atom stereocenters. The molecule has 1 fully saturated rings. The van der Waals surface area contributed by atoms with Gasteiger partial charge in [0.2, 0.25) is 5.91 Å². The fourth-order valence-corrected chi connectivity index (χ4v) is 2.62. The Hall–Kier alpha value is -1.55. The predicted molar refractivity (Wildman–Crippen MR) is 79.4 cm³/mol. The monoisotopic (exact) mass is 276 g/mol. The van der Waals surface area contributed by atoms with E-state index in [2.05, 4.69) is 13.8 Å². The van der Waals surface area contributed by atoms with Gasteiger partial charge in [0.25, 0.3) is 0 Å². The number of likely N-dealkylation sites (tertiary alicyclic amines) is 1. The van der Waals surface area contributed by atoms with Crippen LogP contribution in [0.4, 0.5) is 0 Å². The van der Waals surface area contributed by atoms with Crippen molar-refractivity contribution in [1.82, 2.24) is 4.90 Å². The van der Waals surface area contributed by atoms with Crippen molar-refractivity contribution in [2.75, 3.05) is 20.2 Å². The van der Waals surface area contributed by atoms with E-state index < -0.39 is 0 Å². The maximum atomic E-state index is 12.0. The Morgan fingerprint density at radius 2 is 2.00 bits per heavy atom. The molecule has 0 aromatic heterocycles. The van der Waals surface area contributed by atoms with Gasteiger partial charge >= 0.3 is 0 Å². The minimum absolute atomic E-state index is 0.143. The number of hydrogen-bond acceptors (Lipinski definition) is 3. The Bertz CT molecular complexity index is 456. The Morgan fingerprint density at radius 3 is 2.50 bits per heavy atom. The Balaban J connectivity index is 1.97. The minimum atomic E-state index is -0.143. The van der Waals surface area contributed by atoms with Gasteiger partial charge in [0.05, 0.1) is 7.11 Å². The number of nitrogens with two attached hydrogens (primary N) is 1. The number of benzene rings is 1. The highest BCUT2D eigenvalue weighted by atomic mass is 16.5. The summed E-state index contributed by atoms with van der Waals surface area (Å²) in [6.45, 7) is 5.77. The molecular formula is C16H24N2O2. The van der Waals surface area contributed by atoms with Gasteiger partial charge in [-0.15, -0.1) is 0 Å². The molecule has 110 valence electrons. The number of hydrogen-bond donors (Lipinski definition) is 1. The lowest BCUT2D eigenvalue weighted by atomic mass is 9.95. The first-order chi connectivity index (χ1) is 9.51. The van der Waals surface area contributed by atoms with E-state index in [-0.39, 0.29) is 11.9 Å². The van der Waals surface area contributed by atoms with Crippen molar-refractivity contribution in [3.8, 4) is 5.75 Å². The van der Waals surface area contributed by atoms with Crippen LogP contribution in [0.2, 0.25) is 0 Å². The summed E-state index contributed by atoms with van der Waals surface area (Å²) in [7, 11) is 1.64. The molecule has 4 nitrogen and oxygen atoms in total. The normalized spacial score (nSPS) is 20.6. The summed E-state index contributed by atoms with van der Waals surface area (Å²) in [6, 6.07) is 7.58. The molecule has 2 unspecified atom stereocenters. The Morgan fingerprint density at radius 1 is 1.35 bits per heavy atom. The number of rotatable bonds is 5. The molecule has 0 aliphatic carbocycles. The number of carbonyl (C=O) groups excluding carboxylic acids is 1. The van der Waals surface area contributed by atoms with E-state index in [1.807, 2.05) is 29.2 Å². The summed E-state index contributed by atoms with van der Waals surface area (Å²) < 4.78 is 5.13. The van der Waals surface area contributed by atoms with Crippen LogP contribution in [-0.2, 0) is 4.79 Å². The van der Waals surface area contributed by atoms with Crippen LogP contribution in [0.25, 0.3) is 0 Å². The summed E-state index contributed by atoms with van der Waals surface area (Å²) in [6.07, 6.45) is 0.660. The highest BCUT2D eigenvalue weighted by molar-refractivity contribution is 5.78. The highest BCUT2D eigenvalue weighted by Crippen LogP contribution is 2.26. The number of ether oxygens (including phenoxy) is 1. The van der Waals surface area contributed by atoms with Gasteiger partial charge in [0.15, 0.2) is 0 Å². The first-order valence-corrected chi connectivity index (χ1v) is 7.18. The van der Waals surface area contributed by atoms with E-state index in [0.29, 0.717) is 24.8 Å². The van der Waals surface area contributed by atoms with Gasteiger partial charge < -0.3 is 15.4 Å². The third-order valence-electron chi connectivity index (χ3n) is 4.15. The summed E-state index contributed by atoms with van der Waals surface area (Å²) in [4.78, 5) is 13.9. The van der Waals surface area contributed by atoms with Gasteiger partial charge in [-0.25, -0.2) is 0 Å². The smallest absolute Gasteiger partial charge is 0.222 e. The second kappa shape index (κ2) is 6.27. The molecule has 0 bridgehead atoms. The third-order valence-corrected chi connectivity index (χ3v) is 4.15. The van der Waals surface area contributed by atoms with Crippen LogP contribution in [-0.4, -0.2) is 31.0 Å². The van der Waals surface area contributed by atoms with Crippen LogP contribution in [0.15, 0.2) is 24.3 Å². The second-order valence-corrected chi connectivity index (χ2v) is 5.89. The van der Waals surface area contributed by atoms with Crippen LogP contribution in [0.1, 0.15) is 31.9 Å². The van der Waals surface area contributed by atoms with Crippen LogP contribution < -0.4 is 10.5 Å². The standard InChI is InChI=1S/C16H24N2O2/c1-11(2)13-8-16(19)18(9-13)10-15(17)12-4-6-14(20-3)7-5-12/h4-7,11,13,15H,8-10,17H2,1-3H3. The molecule has 2 rings (SSSR count). The molecule has 2 N–H and O–H groups in total. The highest BCUT2D eigenvalue weighted by Gasteiger charge is 2.32. The first-order valence-electron chi connectivity index (χ1n) is 7.18. The first kappa shape index (κ1) is 14.9. The molecule has 0 saturated carbocycles. The molecule has 1 aromatic carbocycles. The zero-order valence-electron chi connectivity index (χ0n) is 12.5. The summed E-state index contributed by atoms with van der Waals surface area (Å²) in [5.41, 5.74) is 7.25. The van der Waals surface area contributed by atoms with Gasteiger partial charge in [0, 0.05) is 25.6 Å². The van der Waals surface area contributed by atoms with Crippen molar-refractivity contribution >= 4 is 5.91 Å². The zero-order valence-corrected chi connectivity index (χ0v) is 12.5. The summed E-state index contributed by atoms with van der Waals surface area (Å²) in [5, 5.41) is 0. The van der Waals surface area contributed by atoms with Gasteiger partial charge in [0.1, 0.15) is 5.75 Å². The second-order valence-electron chi connectivity index (χ2n) is 5.89. The molecule has 1 saturated heterocycles. The molecule has 20 heavy (non-hydrogen) atoms. The quantitative estimate of drug-likeness (QED) is 0.897. The average molecular weight is 276 g/mol. The van der Waals surface area contributed by atoms with E-state index in [4.69, 9.17) is 10.5 Å². The van der Waals surface area contributed by atoms with Crippen molar-refractivity contribution in [3.05, 3.63) is 29.8 Å². The van der Waals surface area contributed by atoms with Crippen molar-refractivity contribution in [2.24, 2.45) is 17.6 Å². The van der Waals surface area contributed by atoms with Crippen LogP contribution in [0, 0.1) is 11.8 Å². The fraction of sp³-hybridized carbons (Fsp3) is 0.562. The zero-order chi connectivity index (χ0) is 14.7. The van der Waals surface area contributed by atoms with E-state index in [1.54, 1.807) is 7.11 Å². The van der Waals surface area contributed by atoms with Crippen LogP contribution in [0.5, 0.6) is 5.75 Å². The van der Waals surface area contributed by atoms with Crippen LogP contribution >= 0.6 is 0 Å².